The van der Waals surface area contributed by atoms with Crippen molar-refractivity contribution < 1.29 is 32.7 Å². The van der Waals surface area contributed by atoms with E-state index >= 15 is 0 Å². The molecule has 1 heterocycles. The molecule has 1 amide bonds. The molecule has 0 spiro atoms. The van der Waals surface area contributed by atoms with Crippen molar-refractivity contribution >= 4 is 40.9 Å². The number of aromatic nitrogens is 2. The quantitative estimate of drug-likeness (QED) is 0.326. The molecule has 7 nitrogen and oxygen atoms in total. The van der Waals surface area contributed by atoms with Gasteiger partial charge < -0.3 is 10.0 Å². The standard InChI is InChI=1S/C28H32Cl2F3N3O4/c1-15-8-20(29)23(21(30)9-15)22(37)14-35(13-16-10-27(2,3)11-16)25(38)19-12-34-36(24(19)28(31,32)33)18-6-4-17(5-7-18)26(39)40/h8-9,12,16-18H,4-7,10-11,13-14H2,1-3H3,(H,39,40)/t17-,18-. The summed E-state index contributed by atoms with van der Waals surface area (Å²) in [7, 11) is 0. The average molecular weight is 602 g/mol. The molecule has 1 N–H and O–H groups in total. The lowest BCUT2D eigenvalue weighted by Gasteiger charge is -2.44. The zero-order chi connectivity index (χ0) is 29.6. The normalized spacial score (nSPS) is 21.1. The first-order valence-electron chi connectivity index (χ1n) is 13.2. The fourth-order valence-corrected chi connectivity index (χ4v) is 7.00. The van der Waals surface area contributed by atoms with E-state index in [9.17, 15) is 32.7 Å². The number of rotatable bonds is 8. The predicted octanol–water partition coefficient (Wildman–Crippen LogP) is 7.09. The van der Waals surface area contributed by atoms with E-state index in [1.807, 2.05) is 0 Å². The van der Waals surface area contributed by atoms with Crippen molar-refractivity contribution in [2.75, 3.05) is 13.1 Å². The topological polar surface area (TPSA) is 92.5 Å². The third-order valence-electron chi connectivity index (χ3n) is 7.93. The van der Waals surface area contributed by atoms with Gasteiger partial charge in [0.05, 0.1) is 45.9 Å². The van der Waals surface area contributed by atoms with Crippen molar-refractivity contribution in [2.24, 2.45) is 17.3 Å². The Labute approximate surface area is 240 Å². The summed E-state index contributed by atoms with van der Waals surface area (Å²) in [6, 6.07) is 2.43. The monoisotopic (exact) mass is 601 g/mol. The number of aliphatic carboxylic acids is 1. The Morgan fingerprint density at radius 3 is 2.17 bits per heavy atom. The minimum atomic E-state index is -4.90. The number of amides is 1. The molecule has 12 heteroatoms. The van der Waals surface area contributed by atoms with Crippen LogP contribution in [0.25, 0.3) is 0 Å². The van der Waals surface area contributed by atoms with Crippen LogP contribution in [0.5, 0.6) is 0 Å². The number of carboxylic acid groups (broad SMARTS) is 1. The number of ketones is 1. The Kier molecular flexibility index (Phi) is 8.62. The summed E-state index contributed by atoms with van der Waals surface area (Å²) < 4.78 is 44.0. The van der Waals surface area contributed by atoms with Crippen LogP contribution in [0.2, 0.25) is 10.0 Å². The summed E-state index contributed by atoms with van der Waals surface area (Å²) in [4.78, 5) is 39.5. The predicted molar refractivity (Wildman–Crippen MR) is 144 cm³/mol. The average Bonchev–Trinajstić information content (AvgIpc) is 3.27. The van der Waals surface area contributed by atoms with Crippen molar-refractivity contribution in [3.63, 3.8) is 0 Å². The third kappa shape index (κ3) is 6.48. The molecule has 0 bridgehead atoms. The first kappa shape index (κ1) is 30.4. The Hall–Kier alpha value is -2.59. The van der Waals surface area contributed by atoms with Gasteiger partial charge in [0.25, 0.3) is 5.91 Å². The van der Waals surface area contributed by atoms with Crippen molar-refractivity contribution in [2.45, 2.75) is 71.5 Å². The van der Waals surface area contributed by atoms with Crippen LogP contribution in [0.3, 0.4) is 0 Å². The molecule has 0 saturated heterocycles. The van der Waals surface area contributed by atoms with E-state index in [-0.39, 0.29) is 59.2 Å². The zero-order valence-electron chi connectivity index (χ0n) is 22.5. The number of nitrogens with zero attached hydrogens (tertiary/aromatic N) is 3. The van der Waals surface area contributed by atoms with Crippen LogP contribution in [-0.4, -0.2) is 50.5 Å². The lowest BCUT2D eigenvalue weighted by Crippen LogP contribution is -2.45. The first-order valence-corrected chi connectivity index (χ1v) is 14.0. The fourth-order valence-electron chi connectivity index (χ4n) is 6.20. The molecule has 0 radical (unpaired) electrons. The number of carboxylic acids is 1. The van der Waals surface area contributed by atoms with Gasteiger partial charge in [-0.05, 0) is 74.5 Å². The van der Waals surface area contributed by atoms with Crippen molar-refractivity contribution in [1.82, 2.24) is 14.7 Å². The van der Waals surface area contributed by atoms with Gasteiger partial charge in [0.15, 0.2) is 11.5 Å². The van der Waals surface area contributed by atoms with Gasteiger partial charge in [0.1, 0.15) is 0 Å². The van der Waals surface area contributed by atoms with Gasteiger partial charge in [-0.2, -0.15) is 18.3 Å². The smallest absolute Gasteiger partial charge is 0.433 e. The van der Waals surface area contributed by atoms with E-state index in [1.165, 1.54) is 0 Å². The molecule has 1 aromatic carbocycles. The molecule has 0 atom stereocenters. The highest BCUT2D eigenvalue weighted by Gasteiger charge is 2.44. The molecule has 2 aliphatic carbocycles. The Bertz CT molecular complexity index is 1290. The molecule has 1 aromatic heterocycles. The summed E-state index contributed by atoms with van der Waals surface area (Å²) in [6.45, 7) is 5.49. The van der Waals surface area contributed by atoms with Crippen LogP contribution < -0.4 is 0 Å². The lowest BCUT2D eigenvalue weighted by molar-refractivity contribution is -0.147. The third-order valence-corrected chi connectivity index (χ3v) is 8.53. The van der Waals surface area contributed by atoms with Crippen LogP contribution in [0, 0.1) is 24.2 Å². The number of Topliss-reactive ketones (excluding diaryl/α,β-unsaturated/α-hetero) is 1. The summed E-state index contributed by atoms with van der Waals surface area (Å²) in [6.07, 6.45) is -1.65. The molecule has 40 heavy (non-hydrogen) atoms. The van der Waals surface area contributed by atoms with Crippen LogP contribution in [0.1, 0.15) is 90.4 Å². The van der Waals surface area contributed by atoms with E-state index in [0.717, 1.165) is 34.2 Å². The number of carbonyl (C=O) groups excluding carboxylic acids is 2. The molecule has 0 unspecified atom stereocenters. The summed E-state index contributed by atoms with van der Waals surface area (Å²) in [5.74, 6) is -3.09. The molecule has 2 saturated carbocycles. The van der Waals surface area contributed by atoms with Crippen molar-refractivity contribution in [3.8, 4) is 0 Å². The summed E-state index contributed by atoms with van der Waals surface area (Å²) in [5.41, 5.74) is -1.03. The second-order valence-corrected chi connectivity index (χ2v) is 12.7. The van der Waals surface area contributed by atoms with Crippen LogP contribution in [-0.2, 0) is 11.0 Å². The van der Waals surface area contributed by atoms with Crippen LogP contribution in [0.15, 0.2) is 18.3 Å². The number of benzene rings is 1. The highest BCUT2D eigenvalue weighted by atomic mass is 35.5. The van der Waals surface area contributed by atoms with Gasteiger partial charge in [-0.3, -0.25) is 19.1 Å². The van der Waals surface area contributed by atoms with Gasteiger partial charge in [-0.15, -0.1) is 0 Å². The maximum absolute atomic E-state index is 14.4. The largest absolute Gasteiger partial charge is 0.481 e. The number of carbonyl (C=O) groups is 3. The van der Waals surface area contributed by atoms with E-state index in [1.54, 1.807) is 19.1 Å². The van der Waals surface area contributed by atoms with Crippen LogP contribution in [0.4, 0.5) is 13.2 Å². The maximum atomic E-state index is 14.4. The molecule has 2 aliphatic rings. The second kappa shape index (κ2) is 11.4. The van der Waals surface area contributed by atoms with Crippen molar-refractivity contribution in [1.29, 1.82) is 0 Å². The number of halogens is 5. The molecule has 218 valence electrons. The minimum Gasteiger partial charge on any atom is -0.481 e. The van der Waals surface area contributed by atoms with E-state index in [0.29, 0.717) is 0 Å². The van der Waals surface area contributed by atoms with E-state index in [2.05, 4.69) is 18.9 Å². The number of hydrogen-bond acceptors (Lipinski definition) is 4. The van der Waals surface area contributed by atoms with Gasteiger partial charge in [-0.25, -0.2) is 0 Å². The van der Waals surface area contributed by atoms with E-state index < -0.39 is 53.6 Å². The highest BCUT2D eigenvalue weighted by molar-refractivity contribution is 6.40. The fraction of sp³-hybridized carbons (Fsp3) is 0.571. The second-order valence-electron chi connectivity index (χ2n) is 11.8. The SMILES string of the molecule is Cc1cc(Cl)c(C(=O)CN(CC2CC(C)(C)C2)C(=O)c2cnn([C@H]3CC[C@H](C(=O)O)CC3)c2C(F)(F)F)c(Cl)c1. The van der Waals surface area contributed by atoms with Gasteiger partial charge in [-0.1, -0.05) is 37.0 Å². The molecule has 4 rings (SSSR count). The Balaban J connectivity index is 1.65. The van der Waals surface area contributed by atoms with Gasteiger partial charge in [0, 0.05) is 6.54 Å². The molecule has 2 aromatic rings. The summed E-state index contributed by atoms with van der Waals surface area (Å²) in [5, 5.41) is 13.4. The zero-order valence-corrected chi connectivity index (χ0v) is 24.0. The van der Waals surface area contributed by atoms with Crippen molar-refractivity contribution in [3.05, 3.63) is 50.8 Å². The molecule has 0 aliphatic heterocycles. The number of alkyl halides is 3. The van der Waals surface area contributed by atoms with Crippen LogP contribution >= 0.6 is 23.2 Å². The Morgan fingerprint density at radius 2 is 1.68 bits per heavy atom. The Morgan fingerprint density at radius 1 is 1.10 bits per heavy atom. The lowest BCUT2D eigenvalue weighted by atomic mass is 9.64. The first-order chi connectivity index (χ1) is 18.6. The molecular formula is C28H32Cl2F3N3O4. The summed E-state index contributed by atoms with van der Waals surface area (Å²) >= 11 is 12.6. The van der Waals surface area contributed by atoms with E-state index in [4.69, 9.17) is 23.2 Å². The molecular weight excluding hydrogens is 570 g/mol. The highest BCUT2D eigenvalue weighted by Crippen LogP contribution is 2.45. The molecule has 2 fully saturated rings. The minimum absolute atomic E-state index is 0.0163. The maximum Gasteiger partial charge on any atom is 0.433 e. The van der Waals surface area contributed by atoms with Gasteiger partial charge >= 0.3 is 12.1 Å². The number of aryl methyl sites for hydroxylation is 1. The van der Waals surface area contributed by atoms with Gasteiger partial charge in [0.2, 0.25) is 0 Å². The number of hydrogen-bond donors (Lipinski definition) is 1.